The molecule has 1 saturated heterocycles. The summed E-state index contributed by atoms with van der Waals surface area (Å²) in [5.74, 6) is 1.01. The molecule has 0 bridgehead atoms. The van der Waals surface area contributed by atoms with Gasteiger partial charge in [-0.2, -0.15) is 0 Å². The van der Waals surface area contributed by atoms with E-state index < -0.39 is 0 Å². The number of nitrogens with one attached hydrogen (secondary N) is 1. The normalized spacial score (nSPS) is 24.6. The van der Waals surface area contributed by atoms with E-state index >= 15 is 0 Å². The average Bonchev–Trinajstić information content (AvgIpc) is 2.29. The Balaban J connectivity index is 1.97. The first-order valence-corrected chi connectivity index (χ1v) is 6.48. The molecule has 2 rings (SSSR count). The third kappa shape index (κ3) is 3.40. The molecule has 1 N–H and O–H groups in total. The van der Waals surface area contributed by atoms with Gasteiger partial charge in [0.05, 0.1) is 0 Å². The number of aryl methyl sites for hydroxylation is 1. The molecule has 1 heterocycles. The number of hydrogen-bond donors (Lipinski definition) is 1. The van der Waals surface area contributed by atoms with Gasteiger partial charge in [-0.25, -0.2) is 0 Å². The average molecular weight is 231 g/mol. The van der Waals surface area contributed by atoms with Gasteiger partial charge < -0.3 is 5.32 Å². The second-order valence-electron chi connectivity index (χ2n) is 5.28. The molecule has 2 atom stereocenters. The second-order valence-corrected chi connectivity index (χ2v) is 5.28. The summed E-state index contributed by atoms with van der Waals surface area (Å²) in [4.78, 5) is 12.1. The Bertz CT molecular complexity index is 400. The van der Waals surface area contributed by atoms with Crippen molar-refractivity contribution in [1.82, 2.24) is 5.32 Å². The molecule has 0 amide bonds. The first-order chi connectivity index (χ1) is 8.15. The van der Waals surface area contributed by atoms with E-state index in [1.165, 1.54) is 6.42 Å². The number of carbonyl (C=O) groups is 1. The maximum Gasteiger partial charge on any atom is 0.164 e. The summed E-state index contributed by atoms with van der Waals surface area (Å²) in [5.41, 5.74) is 2.01. The smallest absolute Gasteiger partial charge is 0.164 e. The molecule has 0 spiro atoms. The zero-order valence-electron chi connectivity index (χ0n) is 10.7. The standard InChI is InChI=1S/C15H21NO/c1-11-4-3-5-13(8-11)15(17)10-14-9-12(2)6-7-16-14/h3-5,8,12,14,16H,6-7,9-10H2,1-2H3. The lowest BCUT2D eigenvalue weighted by Crippen LogP contribution is -2.38. The number of hydrogen-bond acceptors (Lipinski definition) is 2. The van der Waals surface area contributed by atoms with Gasteiger partial charge in [0.1, 0.15) is 0 Å². The summed E-state index contributed by atoms with van der Waals surface area (Å²) in [6.45, 7) is 5.34. The Hall–Kier alpha value is -1.15. The van der Waals surface area contributed by atoms with E-state index in [2.05, 4.69) is 12.2 Å². The SMILES string of the molecule is Cc1cccc(C(=O)CC2CC(C)CCN2)c1. The molecule has 1 aromatic rings. The summed E-state index contributed by atoms with van der Waals surface area (Å²) in [7, 11) is 0. The molecule has 92 valence electrons. The predicted molar refractivity (Wildman–Crippen MR) is 70.3 cm³/mol. The predicted octanol–water partition coefficient (Wildman–Crippen LogP) is 2.96. The fraction of sp³-hybridized carbons (Fsp3) is 0.533. The Morgan fingerprint density at radius 2 is 2.29 bits per heavy atom. The van der Waals surface area contributed by atoms with Crippen molar-refractivity contribution in [3.8, 4) is 0 Å². The van der Waals surface area contributed by atoms with Crippen molar-refractivity contribution in [3.63, 3.8) is 0 Å². The van der Waals surface area contributed by atoms with E-state index in [1.54, 1.807) is 0 Å². The van der Waals surface area contributed by atoms with Gasteiger partial charge >= 0.3 is 0 Å². The van der Waals surface area contributed by atoms with Crippen molar-refractivity contribution in [2.24, 2.45) is 5.92 Å². The molecular weight excluding hydrogens is 210 g/mol. The molecule has 0 aromatic heterocycles. The van der Waals surface area contributed by atoms with Crippen LogP contribution in [-0.4, -0.2) is 18.4 Å². The Kier molecular flexibility index (Phi) is 3.95. The van der Waals surface area contributed by atoms with Gasteiger partial charge in [-0.3, -0.25) is 4.79 Å². The number of piperidine rings is 1. The monoisotopic (exact) mass is 231 g/mol. The topological polar surface area (TPSA) is 29.1 Å². The molecule has 2 unspecified atom stereocenters. The molecule has 2 nitrogen and oxygen atoms in total. The highest BCUT2D eigenvalue weighted by molar-refractivity contribution is 5.96. The zero-order chi connectivity index (χ0) is 12.3. The quantitative estimate of drug-likeness (QED) is 0.810. The molecule has 0 saturated carbocycles. The number of rotatable bonds is 3. The van der Waals surface area contributed by atoms with Crippen molar-refractivity contribution in [3.05, 3.63) is 35.4 Å². The number of ketones is 1. The summed E-state index contributed by atoms with van der Waals surface area (Å²) in [6, 6.07) is 8.25. The minimum atomic E-state index is 0.264. The summed E-state index contributed by atoms with van der Waals surface area (Å²) < 4.78 is 0. The molecule has 0 aliphatic carbocycles. The van der Waals surface area contributed by atoms with Crippen LogP contribution < -0.4 is 5.32 Å². The molecule has 1 fully saturated rings. The lowest BCUT2D eigenvalue weighted by Gasteiger charge is -2.27. The first kappa shape index (κ1) is 12.3. The number of carbonyl (C=O) groups excluding carboxylic acids is 1. The Morgan fingerprint density at radius 3 is 3.00 bits per heavy atom. The third-order valence-corrected chi connectivity index (χ3v) is 3.53. The Morgan fingerprint density at radius 1 is 1.47 bits per heavy atom. The largest absolute Gasteiger partial charge is 0.314 e. The van der Waals surface area contributed by atoms with Gasteiger partial charge in [0.2, 0.25) is 0 Å². The van der Waals surface area contributed by atoms with Crippen LogP contribution in [0, 0.1) is 12.8 Å². The molecule has 0 radical (unpaired) electrons. The van der Waals surface area contributed by atoms with E-state index in [9.17, 15) is 4.79 Å². The van der Waals surface area contributed by atoms with E-state index in [4.69, 9.17) is 0 Å². The molecule has 1 aliphatic rings. The van der Waals surface area contributed by atoms with E-state index in [-0.39, 0.29) is 5.78 Å². The van der Waals surface area contributed by atoms with E-state index in [1.807, 2.05) is 31.2 Å². The first-order valence-electron chi connectivity index (χ1n) is 6.48. The maximum atomic E-state index is 12.1. The van der Waals surface area contributed by atoms with Gasteiger partial charge in [-0.15, -0.1) is 0 Å². The van der Waals surface area contributed by atoms with Crippen LogP contribution in [0.15, 0.2) is 24.3 Å². The molecular formula is C15H21NO. The van der Waals surface area contributed by atoms with Gasteiger partial charge in [0.15, 0.2) is 5.78 Å². The maximum absolute atomic E-state index is 12.1. The van der Waals surface area contributed by atoms with E-state index in [0.717, 1.165) is 30.0 Å². The molecule has 17 heavy (non-hydrogen) atoms. The van der Waals surface area contributed by atoms with Crippen LogP contribution in [-0.2, 0) is 0 Å². The summed E-state index contributed by atoms with van der Waals surface area (Å²) in [5, 5.41) is 3.44. The van der Waals surface area contributed by atoms with Crippen LogP contribution in [0.3, 0.4) is 0 Å². The minimum Gasteiger partial charge on any atom is -0.314 e. The lowest BCUT2D eigenvalue weighted by molar-refractivity contribution is 0.0959. The highest BCUT2D eigenvalue weighted by atomic mass is 16.1. The van der Waals surface area contributed by atoms with E-state index in [0.29, 0.717) is 12.5 Å². The minimum absolute atomic E-state index is 0.264. The lowest BCUT2D eigenvalue weighted by atomic mass is 9.90. The molecule has 1 aromatic carbocycles. The van der Waals surface area contributed by atoms with Crippen molar-refractivity contribution in [1.29, 1.82) is 0 Å². The third-order valence-electron chi connectivity index (χ3n) is 3.53. The highest BCUT2D eigenvalue weighted by Gasteiger charge is 2.21. The summed E-state index contributed by atoms with van der Waals surface area (Å²) >= 11 is 0. The summed E-state index contributed by atoms with van der Waals surface area (Å²) in [6.07, 6.45) is 2.99. The van der Waals surface area contributed by atoms with Crippen LogP contribution in [0.2, 0.25) is 0 Å². The van der Waals surface area contributed by atoms with Crippen LogP contribution in [0.1, 0.15) is 42.1 Å². The van der Waals surface area contributed by atoms with Crippen LogP contribution in [0.4, 0.5) is 0 Å². The van der Waals surface area contributed by atoms with Crippen molar-refractivity contribution < 1.29 is 4.79 Å². The fourth-order valence-electron chi connectivity index (χ4n) is 2.54. The molecule has 2 heteroatoms. The number of Topliss-reactive ketones (excluding diaryl/α,β-unsaturated/α-hetero) is 1. The number of benzene rings is 1. The second kappa shape index (κ2) is 5.46. The van der Waals surface area contributed by atoms with Crippen molar-refractivity contribution >= 4 is 5.78 Å². The molecule has 1 aliphatic heterocycles. The Labute approximate surface area is 103 Å². The van der Waals surface area contributed by atoms with Gasteiger partial charge in [-0.05, 0) is 38.3 Å². The van der Waals surface area contributed by atoms with Gasteiger partial charge in [0, 0.05) is 18.0 Å². The van der Waals surface area contributed by atoms with Crippen molar-refractivity contribution in [2.75, 3.05) is 6.54 Å². The van der Waals surface area contributed by atoms with Gasteiger partial charge in [0.25, 0.3) is 0 Å². The zero-order valence-corrected chi connectivity index (χ0v) is 10.7. The van der Waals surface area contributed by atoms with Crippen molar-refractivity contribution in [2.45, 2.75) is 39.2 Å². The van der Waals surface area contributed by atoms with Crippen LogP contribution in [0.25, 0.3) is 0 Å². The fourth-order valence-corrected chi connectivity index (χ4v) is 2.54. The van der Waals surface area contributed by atoms with Gasteiger partial charge in [-0.1, -0.05) is 30.7 Å². The highest BCUT2D eigenvalue weighted by Crippen LogP contribution is 2.19. The van der Waals surface area contributed by atoms with Crippen LogP contribution in [0.5, 0.6) is 0 Å². The van der Waals surface area contributed by atoms with Crippen LogP contribution >= 0.6 is 0 Å².